The van der Waals surface area contributed by atoms with Crippen molar-refractivity contribution in [3.63, 3.8) is 0 Å². The molecule has 1 fully saturated rings. The molecule has 2 aliphatic heterocycles. The van der Waals surface area contributed by atoms with Gasteiger partial charge in [0.15, 0.2) is 11.1 Å². The van der Waals surface area contributed by atoms with E-state index in [1.54, 1.807) is 11.3 Å². The van der Waals surface area contributed by atoms with Crippen molar-refractivity contribution in [1.29, 1.82) is 0 Å². The summed E-state index contributed by atoms with van der Waals surface area (Å²) < 4.78 is 0. The highest BCUT2D eigenvalue weighted by molar-refractivity contribution is 14.0. The van der Waals surface area contributed by atoms with Gasteiger partial charge < -0.3 is 15.1 Å². The molecular weight excluding hydrogens is 481 g/mol. The average Bonchev–Trinajstić information content (AvgIpc) is 3.39. The van der Waals surface area contributed by atoms with Gasteiger partial charge in [-0.2, -0.15) is 0 Å². The predicted octanol–water partition coefficient (Wildman–Crippen LogP) is 3.93. The topological polar surface area (TPSA) is 43.8 Å². The smallest absolute Gasteiger partial charge is 0.194 e. The first-order valence-corrected chi connectivity index (χ1v) is 11.0. The lowest BCUT2D eigenvalue weighted by molar-refractivity contribution is 0.379. The second-order valence-electron chi connectivity index (χ2n) is 7.24. The van der Waals surface area contributed by atoms with Crippen LogP contribution in [-0.2, 0) is 19.4 Å². The quantitative estimate of drug-likeness (QED) is 0.376. The minimum Gasteiger partial charge on any atom is -0.357 e. The van der Waals surface area contributed by atoms with Crippen LogP contribution in [0.3, 0.4) is 0 Å². The number of anilines is 1. The van der Waals surface area contributed by atoms with E-state index in [4.69, 9.17) is 9.98 Å². The number of nitrogens with zero attached hydrogens (tertiary/aromatic N) is 4. The monoisotopic (exact) mass is 511 g/mol. The van der Waals surface area contributed by atoms with E-state index in [2.05, 4.69) is 51.7 Å². The van der Waals surface area contributed by atoms with Crippen LogP contribution >= 0.6 is 35.3 Å². The molecule has 0 amide bonds. The third-order valence-electron chi connectivity index (χ3n) is 5.31. The molecule has 4 rings (SSSR count). The van der Waals surface area contributed by atoms with Gasteiger partial charge in [0.1, 0.15) is 0 Å². The van der Waals surface area contributed by atoms with Crippen molar-refractivity contribution in [1.82, 2.24) is 15.2 Å². The van der Waals surface area contributed by atoms with Crippen LogP contribution in [0, 0.1) is 0 Å². The molecule has 0 radical (unpaired) electrons. The fraction of sp³-hybridized carbons (Fsp3) is 0.524. The molecular formula is C21H30IN5S. The van der Waals surface area contributed by atoms with E-state index in [0.29, 0.717) is 0 Å². The number of rotatable bonds is 5. The third kappa shape index (κ3) is 5.17. The maximum Gasteiger partial charge on any atom is 0.194 e. The summed E-state index contributed by atoms with van der Waals surface area (Å²) in [7, 11) is 0. The first-order chi connectivity index (χ1) is 13.3. The number of aromatic nitrogens is 1. The predicted molar refractivity (Wildman–Crippen MR) is 129 cm³/mol. The summed E-state index contributed by atoms with van der Waals surface area (Å²) in [6.45, 7) is 8.10. The van der Waals surface area contributed by atoms with Gasteiger partial charge in [-0.1, -0.05) is 24.3 Å². The maximum absolute atomic E-state index is 4.89. The van der Waals surface area contributed by atoms with Crippen molar-refractivity contribution >= 4 is 46.4 Å². The summed E-state index contributed by atoms with van der Waals surface area (Å²) >= 11 is 1.78. The minimum absolute atomic E-state index is 0. The van der Waals surface area contributed by atoms with Gasteiger partial charge in [-0.05, 0) is 37.3 Å². The zero-order valence-corrected chi connectivity index (χ0v) is 19.7. The molecule has 7 heteroatoms. The fourth-order valence-corrected chi connectivity index (χ4v) is 4.76. The second-order valence-corrected chi connectivity index (χ2v) is 8.08. The van der Waals surface area contributed by atoms with Gasteiger partial charge in [0.2, 0.25) is 0 Å². The molecule has 0 bridgehead atoms. The third-order valence-corrected chi connectivity index (χ3v) is 6.26. The summed E-state index contributed by atoms with van der Waals surface area (Å²) in [5.41, 5.74) is 4.07. The van der Waals surface area contributed by atoms with Crippen molar-refractivity contribution in [3.8, 4) is 0 Å². The number of thiazole rings is 1. The van der Waals surface area contributed by atoms with Gasteiger partial charge in [0, 0.05) is 51.1 Å². The van der Waals surface area contributed by atoms with Crippen LogP contribution < -0.4 is 10.2 Å². The van der Waals surface area contributed by atoms with Crippen LogP contribution in [-0.4, -0.2) is 48.6 Å². The van der Waals surface area contributed by atoms with E-state index < -0.39 is 0 Å². The molecule has 1 saturated heterocycles. The van der Waals surface area contributed by atoms with Gasteiger partial charge in [0.05, 0.1) is 5.69 Å². The number of guanidine groups is 1. The number of hydrogen-bond acceptors (Lipinski definition) is 4. The highest BCUT2D eigenvalue weighted by Gasteiger charge is 2.19. The van der Waals surface area contributed by atoms with E-state index >= 15 is 0 Å². The number of fused-ring (bicyclic) bond motifs is 1. The van der Waals surface area contributed by atoms with E-state index in [-0.39, 0.29) is 24.0 Å². The standard InChI is InChI=1S/C21H29N5S.HI/c1-2-22-20(26-14-10-17-7-3-4-8-18(17)15-26)23-11-9-19-16-27-21(24-19)25-12-5-6-13-25;/h3-4,7-8,16H,2,5-6,9-15H2,1H3,(H,22,23);1H. The summed E-state index contributed by atoms with van der Waals surface area (Å²) in [4.78, 5) is 14.5. The molecule has 1 N–H and O–H groups in total. The number of benzene rings is 1. The summed E-state index contributed by atoms with van der Waals surface area (Å²) in [6.07, 6.45) is 4.59. The Bertz CT molecular complexity index is 785. The maximum atomic E-state index is 4.89. The summed E-state index contributed by atoms with van der Waals surface area (Å²) in [6, 6.07) is 8.75. The number of aliphatic imine (C=N–C) groups is 1. The van der Waals surface area contributed by atoms with E-state index in [0.717, 1.165) is 58.1 Å². The highest BCUT2D eigenvalue weighted by atomic mass is 127. The van der Waals surface area contributed by atoms with Gasteiger partial charge in [0.25, 0.3) is 0 Å². The van der Waals surface area contributed by atoms with Crippen LogP contribution in [0.15, 0.2) is 34.6 Å². The van der Waals surface area contributed by atoms with Gasteiger partial charge in [-0.15, -0.1) is 35.3 Å². The molecule has 2 aromatic rings. The summed E-state index contributed by atoms with van der Waals surface area (Å²) in [5, 5.41) is 6.86. The van der Waals surface area contributed by atoms with Gasteiger partial charge in [-0.25, -0.2) is 4.98 Å². The Kier molecular flexibility index (Phi) is 7.96. The largest absolute Gasteiger partial charge is 0.357 e. The Labute approximate surface area is 189 Å². The van der Waals surface area contributed by atoms with Crippen molar-refractivity contribution in [3.05, 3.63) is 46.5 Å². The van der Waals surface area contributed by atoms with Crippen LogP contribution in [0.5, 0.6) is 0 Å². The van der Waals surface area contributed by atoms with Crippen LogP contribution in [0.25, 0.3) is 0 Å². The molecule has 28 heavy (non-hydrogen) atoms. The lowest BCUT2D eigenvalue weighted by Crippen LogP contribution is -2.44. The zero-order valence-electron chi connectivity index (χ0n) is 16.6. The molecule has 2 aliphatic rings. The SMILES string of the molecule is CCNC(=NCCc1csc(N2CCCC2)n1)N1CCc2ccccc2C1.I. The number of hydrogen-bond donors (Lipinski definition) is 1. The summed E-state index contributed by atoms with van der Waals surface area (Å²) in [5.74, 6) is 1.03. The molecule has 0 saturated carbocycles. The lowest BCUT2D eigenvalue weighted by atomic mass is 10.0. The van der Waals surface area contributed by atoms with Gasteiger partial charge >= 0.3 is 0 Å². The van der Waals surface area contributed by atoms with E-state index in [9.17, 15) is 0 Å². The zero-order chi connectivity index (χ0) is 18.5. The molecule has 5 nitrogen and oxygen atoms in total. The Morgan fingerprint density at radius 2 is 1.96 bits per heavy atom. The normalized spacial score (nSPS) is 16.7. The Balaban J connectivity index is 0.00000225. The molecule has 152 valence electrons. The Morgan fingerprint density at radius 3 is 2.75 bits per heavy atom. The van der Waals surface area contributed by atoms with Crippen LogP contribution in [0.1, 0.15) is 36.6 Å². The molecule has 1 aromatic carbocycles. The van der Waals surface area contributed by atoms with Crippen LogP contribution in [0.4, 0.5) is 5.13 Å². The highest BCUT2D eigenvalue weighted by Crippen LogP contribution is 2.24. The minimum atomic E-state index is 0. The Hall–Kier alpha value is -1.35. The average molecular weight is 511 g/mol. The van der Waals surface area contributed by atoms with Gasteiger partial charge in [-0.3, -0.25) is 4.99 Å². The number of halogens is 1. The lowest BCUT2D eigenvalue weighted by Gasteiger charge is -2.31. The molecule has 0 aliphatic carbocycles. The molecule has 0 unspecified atom stereocenters. The molecule has 1 aromatic heterocycles. The van der Waals surface area contributed by atoms with Crippen molar-refractivity contribution in [2.75, 3.05) is 37.6 Å². The second kappa shape index (κ2) is 10.4. The van der Waals surface area contributed by atoms with Crippen molar-refractivity contribution in [2.24, 2.45) is 4.99 Å². The first kappa shape index (κ1) is 21.4. The van der Waals surface area contributed by atoms with Crippen LogP contribution in [0.2, 0.25) is 0 Å². The Morgan fingerprint density at radius 1 is 1.18 bits per heavy atom. The fourth-order valence-electron chi connectivity index (χ4n) is 3.84. The van der Waals surface area contributed by atoms with Crippen molar-refractivity contribution in [2.45, 2.75) is 39.2 Å². The molecule has 0 atom stereocenters. The first-order valence-electron chi connectivity index (χ1n) is 10.1. The van der Waals surface area contributed by atoms with E-state index in [1.165, 1.54) is 34.8 Å². The van der Waals surface area contributed by atoms with E-state index in [1.807, 2.05) is 0 Å². The number of nitrogens with one attached hydrogen (secondary N) is 1. The molecule has 3 heterocycles. The van der Waals surface area contributed by atoms with Crippen molar-refractivity contribution < 1.29 is 0 Å². The molecule has 0 spiro atoms.